The molecule has 0 radical (unpaired) electrons. The first-order valence-corrected chi connectivity index (χ1v) is 10.2. The largest absolute Gasteiger partial charge is 0.453 e. The molecule has 1 amide bonds. The monoisotopic (exact) mass is 433 g/mol. The molecule has 2 heterocycles. The van der Waals surface area contributed by atoms with E-state index in [1.165, 1.54) is 5.56 Å². The minimum absolute atomic E-state index is 0.0981. The number of carbonyl (C=O) groups is 1. The predicted octanol–water partition coefficient (Wildman–Crippen LogP) is 4.17. The lowest BCUT2D eigenvalue weighted by Gasteiger charge is -2.11. The molecule has 0 spiro atoms. The SMILES string of the molecule is Cc1nc2nc(C(F)(F)F)nn2c(C)c1CCC(=O)NCCc1ccc(C(C)C)cc1. The molecule has 0 fully saturated rings. The van der Waals surface area contributed by atoms with Gasteiger partial charge in [0.25, 0.3) is 11.6 Å². The van der Waals surface area contributed by atoms with Gasteiger partial charge in [0.15, 0.2) is 0 Å². The molecule has 0 aliphatic heterocycles. The smallest absolute Gasteiger partial charge is 0.356 e. The number of aromatic nitrogens is 4. The molecule has 2 aromatic heterocycles. The van der Waals surface area contributed by atoms with Crippen molar-refractivity contribution in [3.05, 3.63) is 58.2 Å². The summed E-state index contributed by atoms with van der Waals surface area (Å²) < 4.78 is 39.8. The lowest BCUT2D eigenvalue weighted by Crippen LogP contribution is -2.26. The van der Waals surface area contributed by atoms with Gasteiger partial charge in [0, 0.05) is 24.4 Å². The first-order valence-electron chi connectivity index (χ1n) is 10.2. The van der Waals surface area contributed by atoms with Gasteiger partial charge >= 0.3 is 6.18 Å². The van der Waals surface area contributed by atoms with Crippen LogP contribution >= 0.6 is 0 Å². The van der Waals surface area contributed by atoms with E-state index < -0.39 is 12.0 Å². The average molecular weight is 433 g/mol. The van der Waals surface area contributed by atoms with E-state index in [1.54, 1.807) is 13.8 Å². The maximum Gasteiger partial charge on any atom is 0.453 e. The van der Waals surface area contributed by atoms with E-state index in [4.69, 9.17) is 0 Å². The number of fused-ring (bicyclic) bond motifs is 1. The Labute approximate surface area is 178 Å². The summed E-state index contributed by atoms with van der Waals surface area (Å²) in [4.78, 5) is 19.8. The standard InChI is InChI=1S/C22H26F3N5O/c1-13(2)17-7-5-16(6-8-17)11-12-26-19(31)10-9-18-14(3)27-21-28-20(22(23,24)25)29-30(21)15(18)4/h5-8,13H,9-12H2,1-4H3,(H,26,31). The molecule has 166 valence electrons. The summed E-state index contributed by atoms with van der Waals surface area (Å²) in [5.41, 5.74) is 4.18. The second-order valence-corrected chi connectivity index (χ2v) is 7.90. The number of nitrogens with one attached hydrogen (secondary N) is 1. The highest BCUT2D eigenvalue weighted by Crippen LogP contribution is 2.27. The number of hydrogen-bond donors (Lipinski definition) is 1. The second kappa shape index (κ2) is 9.03. The van der Waals surface area contributed by atoms with Gasteiger partial charge in [0.1, 0.15) is 0 Å². The number of aryl methyl sites for hydroxylation is 2. The molecule has 0 saturated heterocycles. The Kier molecular flexibility index (Phi) is 6.62. The van der Waals surface area contributed by atoms with Crippen molar-refractivity contribution in [1.29, 1.82) is 0 Å². The number of amides is 1. The third kappa shape index (κ3) is 5.39. The Hall–Kier alpha value is -2.97. The number of halogens is 3. The van der Waals surface area contributed by atoms with Crippen molar-refractivity contribution >= 4 is 11.7 Å². The van der Waals surface area contributed by atoms with Crippen molar-refractivity contribution in [3.63, 3.8) is 0 Å². The van der Waals surface area contributed by atoms with Gasteiger partial charge in [0.2, 0.25) is 5.91 Å². The molecule has 1 aromatic carbocycles. The molecule has 0 unspecified atom stereocenters. The van der Waals surface area contributed by atoms with E-state index in [0.717, 1.165) is 16.5 Å². The second-order valence-electron chi connectivity index (χ2n) is 7.90. The normalized spacial score (nSPS) is 12.0. The van der Waals surface area contributed by atoms with Crippen molar-refractivity contribution in [3.8, 4) is 0 Å². The van der Waals surface area contributed by atoms with Crippen LogP contribution in [-0.2, 0) is 23.8 Å². The molecule has 3 rings (SSSR count). The van der Waals surface area contributed by atoms with Crippen molar-refractivity contribution in [2.75, 3.05) is 6.54 Å². The molecule has 9 heteroatoms. The van der Waals surface area contributed by atoms with Crippen molar-refractivity contribution in [1.82, 2.24) is 24.9 Å². The molecular formula is C22H26F3N5O. The summed E-state index contributed by atoms with van der Waals surface area (Å²) in [5, 5.41) is 6.43. The van der Waals surface area contributed by atoms with Crippen LogP contribution in [0.1, 0.15) is 60.1 Å². The fraction of sp³-hybridized carbons (Fsp3) is 0.455. The van der Waals surface area contributed by atoms with Gasteiger partial charge in [-0.15, -0.1) is 5.10 Å². The summed E-state index contributed by atoms with van der Waals surface area (Å²) in [6.07, 6.45) is -3.34. The minimum Gasteiger partial charge on any atom is -0.356 e. The van der Waals surface area contributed by atoms with Crippen LogP contribution in [0.3, 0.4) is 0 Å². The van der Waals surface area contributed by atoms with E-state index >= 15 is 0 Å². The third-order valence-electron chi connectivity index (χ3n) is 5.29. The maximum atomic E-state index is 12.9. The van der Waals surface area contributed by atoms with Crippen LogP contribution < -0.4 is 5.32 Å². The maximum absolute atomic E-state index is 12.9. The van der Waals surface area contributed by atoms with E-state index in [9.17, 15) is 18.0 Å². The molecule has 3 aromatic rings. The zero-order valence-corrected chi connectivity index (χ0v) is 18.0. The molecule has 0 saturated carbocycles. The van der Waals surface area contributed by atoms with Gasteiger partial charge in [-0.25, -0.2) is 9.50 Å². The van der Waals surface area contributed by atoms with E-state index in [0.29, 0.717) is 35.8 Å². The van der Waals surface area contributed by atoms with Gasteiger partial charge < -0.3 is 5.32 Å². The van der Waals surface area contributed by atoms with Crippen LogP contribution in [0.15, 0.2) is 24.3 Å². The van der Waals surface area contributed by atoms with E-state index in [1.807, 2.05) is 0 Å². The molecule has 0 atom stereocenters. The zero-order valence-electron chi connectivity index (χ0n) is 18.0. The molecule has 0 bridgehead atoms. The number of carbonyl (C=O) groups excluding carboxylic acids is 1. The first kappa shape index (κ1) is 22.7. The predicted molar refractivity (Wildman–Crippen MR) is 111 cm³/mol. The average Bonchev–Trinajstić information content (AvgIpc) is 3.13. The highest BCUT2D eigenvalue weighted by atomic mass is 19.4. The van der Waals surface area contributed by atoms with Gasteiger partial charge in [-0.3, -0.25) is 4.79 Å². The lowest BCUT2D eigenvalue weighted by molar-refractivity contribution is -0.144. The van der Waals surface area contributed by atoms with Crippen LogP contribution in [0.4, 0.5) is 13.2 Å². The molecule has 6 nitrogen and oxygen atoms in total. The Morgan fingerprint density at radius 1 is 1.10 bits per heavy atom. The Morgan fingerprint density at radius 2 is 1.77 bits per heavy atom. The van der Waals surface area contributed by atoms with Crippen LogP contribution in [0, 0.1) is 13.8 Å². The van der Waals surface area contributed by atoms with Crippen molar-refractivity contribution in [2.24, 2.45) is 0 Å². The van der Waals surface area contributed by atoms with Gasteiger partial charge in [0.05, 0.1) is 0 Å². The Morgan fingerprint density at radius 3 is 2.39 bits per heavy atom. The van der Waals surface area contributed by atoms with Crippen LogP contribution in [0.2, 0.25) is 0 Å². The third-order valence-corrected chi connectivity index (χ3v) is 5.29. The summed E-state index contributed by atoms with van der Waals surface area (Å²) in [6, 6.07) is 8.35. The van der Waals surface area contributed by atoms with Crippen molar-refractivity contribution in [2.45, 2.75) is 59.1 Å². The molecule has 0 aliphatic rings. The van der Waals surface area contributed by atoms with Crippen LogP contribution in [0.5, 0.6) is 0 Å². The molecular weight excluding hydrogens is 407 g/mol. The fourth-order valence-corrected chi connectivity index (χ4v) is 3.43. The van der Waals surface area contributed by atoms with Crippen LogP contribution in [-0.4, -0.2) is 32.0 Å². The zero-order chi connectivity index (χ0) is 22.8. The van der Waals surface area contributed by atoms with Crippen molar-refractivity contribution < 1.29 is 18.0 Å². The Bertz CT molecular complexity index is 1070. The minimum atomic E-state index is -4.64. The highest BCUT2D eigenvalue weighted by Gasteiger charge is 2.36. The fourth-order valence-electron chi connectivity index (χ4n) is 3.43. The lowest BCUT2D eigenvalue weighted by atomic mass is 10.0. The highest BCUT2D eigenvalue weighted by molar-refractivity contribution is 5.76. The van der Waals surface area contributed by atoms with Crippen LogP contribution in [0.25, 0.3) is 5.78 Å². The summed E-state index contributed by atoms with van der Waals surface area (Å²) in [5.74, 6) is -0.961. The Balaban J connectivity index is 1.58. The molecule has 1 N–H and O–H groups in total. The first-order chi connectivity index (χ1) is 14.6. The van der Waals surface area contributed by atoms with Gasteiger partial charge in [-0.05, 0) is 49.3 Å². The number of alkyl halides is 3. The van der Waals surface area contributed by atoms with Gasteiger partial charge in [-0.1, -0.05) is 38.1 Å². The number of benzene rings is 1. The van der Waals surface area contributed by atoms with Gasteiger partial charge in [-0.2, -0.15) is 18.2 Å². The number of rotatable bonds is 7. The van der Waals surface area contributed by atoms with E-state index in [2.05, 4.69) is 58.5 Å². The molecule has 31 heavy (non-hydrogen) atoms. The number of nitrogens with zero attached hydrogens (tertiary/aromatic N) is 4. The topological polar surface area (TPSA) is 72.2 Å². The quantitative estimate of drug-likeness (QED) is 0.607. The summed E-state index contributed by atoms with van der Waals surface area (Å²) in [6.45, 7) is 8.16. The summed E-state index contributed by atoms with van der Waals surface area (Å²) >= 11 is 0. The molecule has 0 aliphatic carbocycles. The number of hydrogen-bond acceptors (Lipinski definition) is 4. The van der Waals surface area contributed by atoms with E-state index in [-0.39, 0.29) is 18.1 Å². The summed E-state index contributed by atoms with van der Waals surface area (Å²) in [7, 11) is 0.